The zero-order valence-corrected chi connectivity index (χ0v) is 11.1. The maximum Gasteiger partial charge on any atom is 0.406 e. The van der Waals surface area contributed by atoms with E-state index in [2.05, 4.69) is 25.0 Å². The first-order valence-electron chi connectivity index (χ1n) is 6.07. The average Bonchev–Trinajstić information content (AvgIpc) is 2.90. The molecule has 2 rings (SSSR count). The number of nitrogen functional groups attached to an aromatic ring is 1. The summed E-state index contributed by atoms with van der Waals surface area (Å²) < 4.78 is 39.0. The Morgan fingerprint density at radius 3 is 2.62 bits per heavy atom. The van der Waals surface area contributed by atoms with Crippen LogP contribution in [0.2, 0.25) is 0 Å². The molecule has 0 saturated heterocycles. The Kier molecular flexibility index (Phi) is 4.19. The van der Waals surface area contributed by atoms with Crippen molar-refractivity contribution < 1.29 is 13.2 Å². The Hall–Kier alpha value is -2.46. The predicted molar refractivity (Wildman–Crippen MR) is 67.7 cm³/mol. The van der Waals surface area contributed by atoms with Gasteiger partial charge in [-0.05, 0) is 6.42 Å². The summed E-state index contributed by atoms with van der Waals surface area (Å²) in [7, 11) is 0. The van der Waals surface area contributed by atoms with Crippen LogP contribution in [0.5, 0.6) is 0 Å². The summed E-state index contributed by atoms with van der Waals surface area (Å²) >= 11 is 0. The van der Waals surface area contributed by atoms with Gasteiger partial charge in [0.25, 0.3) is 5.95 Å². The molecule has 0 unspecified atom stereocenters. The van der Waals surface area contributed by atoms with E-state index in [1.807, 2.05) is 0 Å². The summed E-state index contributed by atoms with van der Waals surface area (Å²) in [6.45, 7) is 0.729. The molecule has 0 radical (unpaired) electrons. The lowest BCUT2D eigenvalue weighted by molar-refractivity contribution is -0.119. The number of hydrogen-bond acceptors (Lipinski definition) is 7. The molecule has 0 aliphatic heterocycles. The highest BCUT2D eigenvalue weighted by atomic mass is 19.4. The smallest absolute Gasteiger partial charge is 0.368 e. The van der Waals surface area contributed by atoms with Crippen molar-refractivity contribution in [3.63, 3.8) is 0 Å². The van der Waals surface area contributed by atoms with Gasteiger partial charge >= 0.3 is 6.18 Å². The van der Waals surface area contributed by atoms with Crippen LogP contribution < -0.4 is 10.6 Å². The van der Waals surface area contributed by atoms with Crippen molar-refractivity contribution in [3.05, 3.63) is 12.7 Å². The Morgan fingerprint density at radius 2 is 2.05 bits per heavy atom. The summed E-state index contributed by atoms with van der Waals surface area (Å²) in [5.74, 6) is -0.320. The molecule has 0 spiro atoms. The van der Waals surface area contributed by atoms with Gasteiger partial charge in [0, 0.05) is 6.54 Å². The van der Waals surface area contributed by atoms with Crippen LogP contribution in [0, 0.1) is 0 Å². The zero-order valence-electron chi connectivity index (χ0n) is 11.1. The van der Waals surface area contributed by atoms with E-state index < -0.39 is 12.7 Å². The third-order valence-electron chi connectivity index (χ3n) is 2.40. The second kappa shape index (κ2) is 5.89. The maximum absolute atomic E-state index is 12.6. The van der Waals surface area contributed by atoms with Crippen molar-refractivity contribution >= 4 is 11.9 Å². The highest BCUT2D eigenvalue weighted by molar-refractivity contribution is 5.37. The van der Waals surface area contributed by atoms with E-state index >= 15 is 0 Å². The van der Waals surface area contributed by atoms with Crippen LogP contribution in [0.4, 0.5) is 25.1 Å². The van der Waals surface area contributed by atoms with Crippen LogP contribution in [0.3, 0.4) is 0 Å². The third-order valence-corrected chi connectivity index (χ3v) is 2.40. The fourth-order valence-corrected chi connectivity index (χ4v) is 1.66. The third kappa shape index (κ3) is 4.00. The predicted octanol–water partition coefficient (Wildman–Crippen LogP) is 0.813. The van der Waals surface area contributed by atoms with Crippen LogP contribution in [0.25, 0.3) is 5.95 Å². The first-order chi connectivity index (χ1) is 9.89. The van der Waals surface area contributed by atoms with Gasteiger partial charge in [-0.1, -0.05) is 6.92 Å². The molecular weight excluding hydrogens is 289 g/mol. The van der Waals surface area contributed by atoms with Crippen molar-refractivity contribution in [3.8, 4) is 5.95 Å². The van der Waals surface area contributed by atoms with E-state index in [1.165, 1.54) is 17.3 Å². The summed E-state index contributed by atoms with van der Waals surface area (Å²) in [6.07, 6.45) is -1.31. The average molecular weight is 302 g/mol. The molecule has 0 aliphatic carbocycles. The lowest BCUT2D eigenvalue weighted by Gasteiger charge is -2.23. The van der Waals surface area contributed by atoms with Crippen molar-refractivity contribution in [1.29, 1.82) is 0 Å². The molecule has 0 aliphatic rings. The molecule has 11 heteroatoms. The Balaban J connectivity index is 2.36. The molecule has 0 bridgehead atoms. The highest BCUT2D eigenvalue weighted by Gasteiger charge is 2.32. The summed E-state index contributed by atoms with van der Waals surface area (Å²) in [4.78, 5) is 16.3. The number of hydrogen-bond donors (Lipinski definition) is 1. The molecule has 8 nitrogen and oxygen atoms in total. The summed E-state index contributed by atoms with van der Waals surface area (Å²) in [5.41, 5.74) is 5.53. The van der Waals surface area contributed by atoms with Crippen LogP contribution >= 0.6 is 0 Å². The normalized spacial score (nSPS) is 11.6. The number of aromatic nitrogens is 6. The van der Waals surface area contributed by atoms with E-state index in [-0.39, 0.29) is 24.4 Å². The SMILES string of the molecule is CCCN(CC(F)(F)F)c1nc(N)nc(-n2cncn2)n1. The molecule has 0 fully saturated rings. The zero-order chi connectivity index (χ0) is 15.5. The van der Waals surface area contributed by atoms with E-state index in [0.717, 1.165) is 4.90 Å². The fraction of sp³-hybridized carbons (Fsp3) is 0.500. The van der Waals surface area contributed by atoms with Crippen molar-refractivity contribution in [2.24, 2.45) is 0 Å². The number of rotatable bonds is 5. The Morgan fingerprint density at radius 1 is 1.29 bits per heavy atom. The minimum atomic E-state index is -4.37. The second-order valence-electron chi connectivity index (χ2n) is 4.17. The number of halogens is 3. The molecule has 0 atom stereocenters. The largest absolute Gasteiger partial charge is 0.406 e. The van der Waals surface area contributed by atoms with Gasteiger partial charge in [0.15, 0.2) is 0 Å². The maximum atomic E-state index is 12.6. The molecular formula is C10H13F3N8. The fourth-order valence-electron chi connectivity index (χ4n) is 1.66. The quantitative estimate of drug-likeness (QED) is 0.872. The topological polar surface area (TPSA) is 98.6 Å². The van der Waals surface area contributed by atoms with Gasteiger partial charge in [0.05, 0.1) is 0 Å². The van der Waals surface area contributed by atoms with Gasteiger partial charge < -0.3 is 10.6 Å². The van der Waals surface area contributed by atoms with Crippen molar-refractivity contribution in [2.45, 2.75) is 19.5 Å². The number of nitrogens with zero attached hydrogens (tertiary/aromatic N) is 7. The van der Waals surface area contributed by atoms with E-state index in [4.69, 9.17) is 5.73 Å². The van der Waals surface area contributed by atoms with Gasteiger partial charge in [0.2, 0.25) is 11.9 Å². The molecule has 2 aromatic rings. The molecule has 0 amide bonds. The number of alkyl halides is 3. The minimum Gasteiger partial charge on any atom is -0.368 e. The lowest BCUT2D eigenvalue weighted by atomic mass is 10.4. The Labute approximate surface area is 117 Å². The van der Waals surface area contributed by atoms with Crippen LogP contribution in [0.1, 0.15) is 13.3 Å². The molecule has 2 aromatic heterocycles. The van der Waals surface area contributed by atoms with Gasteiger partial charge in [-0.15, -0.1) is 0 Å². The summed E-state index contributed by atoms with van der Waals surface area (Å²) in [5, 5.41) is 3.81. The lowest BCUT2D eigenvalue weighted by Crippen LogP contribution is -2.36. The van der Waals surface area contributed by atoms with Crippen LogP contribution in [-0.4, -0.2) is 49.0 Å². The van der Waals surface area contributed by atoms with E-state index in [9.17, 15) is 13.2 Å². The second-order valence-corrected chi connectivity index (χ2v) is 4.17. The molecule has 0 aromatic carbocycles. The van der Waals surface area contributed by atoms with Crippen molar-refractivity contribution in [1.82, 2.24) is 29.7 Å². The number of anilines is 2. The van der Waals surface area contributed by atoms with Gasteiger partial charge in [-0.2, -0.15) is 37.9 Å². The first kappa shape index (κ1) is 14.9. The van der Waals surface area contributed by atoms with E-state index in [0.29, 0.717) is 6.42 Å². The van der Waals surface area contributed by atoms with Gasteiger partial charge in [0.1, 0.15) is 19.2 Å². The van der Waals surface area contributed by atoms with Gasteiger partial charge in [-0.3, -0.25) is 0 Å². The molecule has 2 heterocycles. The van der Waals surface area contributed by atoms with Crippen LogP contribution in [0.15, 0.2) is 12.7 Å². The molecule has 0 saturated carbocycles. The van der Waals surface area contributed by atoms with Crippen LogP contribution in [-0.2, 0) is 0 Å². The van der Waals surface area contributed by atoms with Crippen molar-refractivity contribution in [2.75, 3.05) is 23.7 Å². The van der Waals surface area contributed by atoms with E-state index in [1.54, 1.807) is 6.92 Å². The highest BCUT2D eigenvalue weighted by Crippen LogP contribution is 2.20. The molecule has 2 N–H and O–H groups in total. The Bertz CT molecular complexity index is 582. The standard InChI is InChI=1S/C10H13F3N8/c1-2-3-20(4-10(11,12)13)8-17-7(14)18-9(19-8)21-6-15-5-16-21/h5-6H,2-4H2,1H3,(H2,14,17,18,19). The number of nitrogens with two attached hydrogens (primary N) is 1. The summed E-state index contributed by atoms with van der Waals surface area (Å²) in [6, 6.07) is 0. The van der Waals surface area contributed by atoms with Gasteiger partial charge in [-0.25, -0.2) is 4.98 Å². The first-order valence-corrected chi connectivity index (χ1v) is 6.07. The molecule has 21 heavy (non-hydrogen) atoms. The molecule has 114 valence electrons. The minimum absolute atomic E-state index is 0.0123. The monoisotopic (exact) mass is 302 g/mol.